The van der Waals surface area contributed by atoms with Gasteiger partial charge in [-0.1, -0.05) is 30.3 Å². The van der Waals surface area contributed by atoms with E-state index in [4.69, 9.17) is 5.73 Å². The smallest absolute Gasteiger partial charge is 0.240 e. The molecular weight excluding hydrogens is 300 g/mol. The van der Waals surface area contributed by atoms with E-state index in [0.717, 1.165) is 47.1 Å². The molecule has 1 aliphatic rings. The Morgan fingerprint density at radius 1 is 0.917 bits per heavy atom. The predicted octanol–water partition coefficient (Wildman–Crippen LogP) is 2.70. The van der Waals surface area contributed by atoms with Gasteiger partial charge in [-0.25, -0.2) is 9.97 Å². The fraction of sp³-hybridized carbons (Fsp3) is 0.222. The number of pyridine rings is 1. The average Bonchev–Trinajstić information content (AvgIpc) is 2.53. The first-order valence-corrected chi connectivity index (χ1v) is 8.00. The Morgan fingerprint density at radius 3 is 2.42 bits per heavy atom. The third-order valence-electron chi connectivity index (χ3n) is 4.14. The van der Waals surface area contributed by atoms with E-state index in [2.05, 4.69) is 31.1 Å². The second-order valence-electron chi connectivity index (χ2n) is 5.93. The fourth-order valence-corrected chi connectivity index (χ4v) is 2.83. The summed E-state index contributed by atoms with van der Waals surface area (Å²) in [6.45, 7) is 4.09. The van der Waals surface area contributed by atoms with Crippen LogP contribution in [0.5, 0.6) is 0 Å². The molecular formula is C18H18N6. The van der Waals surface area contributed by atoms with Gasteiger partial charge >= 0.3 is 0 Å². The lowest BCUT2D eigenvalue weighted by Gasteiger charge is -2.32. The zero-order valence-electron chi connectivity index (χ0n) is 13.5. The second-order valence-corrected chi connectivity index (χ2v) is 5.93. The minimum absolute atomic E-state index is 0.173. The van der Waals surface area contributed by atoms with Crippen LogP contribution < -0.4 is 10.6 Å². The van der Waals surface area contributed by atoms with Crippen LogP contribution in [0, 0.1) is 6.92 Å². The van der Waals surface area contributed by atoms with Gasteiger partial charge in [0.05, 0.1) is 0 Å². The summed E-state index contributed by atoms with van der Waals surface area (Å²) in [4.78, 5) is 11.3. The molecule has 1 aromatic carbocycles. The Bertz CT molecular complexity index is 874. The van der Waals surface area contributed by atoms with Crippen molar-refractivity contribution in [1.29, 1.82) is 0 Å². The maximum absolute atomic E-state index is 5.78. The van der Waals surface area contributed by atoms with Crippen LogP contribution in [0.2, 0.25) is 0 Å². The highest BCUT2D eigenvalue weighted by Crippen LogP contribution is 2.31. The monoisotopic (exact) mass is 318 g/mol. The van der Waals surface area contributed by atoms with Gasteiger partial charge in [0.15, 0.2) is 0 Å². The molecule has 0 unspecified atom stereocenters. The number of rotatable bonds is 3. The number of nitrogen functional groups attached to an aromatic ring is 1. The molecule has 3 aromatic rings. The largest absolute Gasteiger partial charge is 0.366 e. The van der Waals surface area contributed by atoms with Crippen molar-refractivity contribution < 1.29 is 0 Å². The minimum atomic E-state index is 0.173. The molecule has 6 nitrogen and oxygen atoms in total. The van der Waals surface area contributed by atoms with Crippen LogP contribution in [0.3, 0.4) is 0 Å². The summed E-state index contributed by atoms with van der Waals surface area (Å²) >= 11 is 0. The highest BCUT2D eigenvalue weighted by atomic mass is 15.2. The maximum atomic E-state index is 5.78. The van der Waals surface area contributed by atoms with Crippen molar-refractivity contribution in [2.24, 2.45) is 0 Å². The highest BCUT2D eigenvalue weighted by Gasteiger charge is 2.19. The number of anilines is 2. The van der Waals surface area contributed by atoms with Crippen molar-refractivity contribution in [2.45, 2.75) is 13.3 Å². The average molecular weight is 318 g/mol. The first-order chi connectivity index (χ1) is 11.7. The van der Waals surface area contributed by atoms with Gasteiger partial charge in [0.1, 0.15) is 17.2 Å². The standard InChI is InChI=1S/C18H18N6/c1-12-10-14(11-15(20-12)24-8-5-9-24)17-16(21-18(19)23-22-17)13-6-3-2-4-7-13/h2-4,6-7,10-11H,5,8-9H2,1H3,(H2,19,21,23). The molecule has 6 heteroatoms. The zero-order valence-corrected chi connectivity index (χ0v) is 13.5. The summed E-state index contributed by atoms with van der Waals surface area (Å²) in [6.07, 6.45) is 1.21. The normalized spacial score (nSPS) is 13.6. The number of nitrogens with zero attached hydrogens (tertiary/aromatic N) is 5. The third kappa shape index (κ3) is 2.67. The van der Waals surface area contributed by atoms with Crippen LogP contribution >= 0.6 is 0 Å². The number of benzene rings is 1. The number of nitrogens with two attached hydrogens (primary N) is 1. The zero-order chi connectivity index (χ0) is 16.5. The van der Waals surface area contributed by atoms with E-state index in [1.807, 2.05) is 43.3 Å². The predicted molar refractivity (Wildman–Crippen MR) is 94.5 cm³/mol. The molecule has 0 aliphatic carbocycles. The molecule has 0 amide bonds. The quantitative estimate of drug-likeness (QED) is 0.799. The lowest BCUT2D eigenvalue weighted by atomic mass is 10.0. The molecule has 2 aromatic heterocycles. The van der Waals surface area contributed by atoms with Crippen LogP contribution in [0.25, 0.3) is 22.5 Å². The first-order valence-electron chi connectivity index (χ1n) is 8.00. The lowest BCUT2D eigenvalue weighted by Crippen LogP contribution is -2.37. The number of aromatic nitrogens is 4. The van der Waals surface area contributed by atoms with E-state index in [9.17, 15) is 0 Å². The van der Waals surface area contributed by atoms with Crippen LogP contribution in [-0.2, 0) is 0 Å². The molecule has 1 aliphatic heterocycles. The summed E-state index contributed by atoms with van der Waals surface area (Å²) in [7, 11) is 0. The minimum Gasteiger partial charge on any atom is -0.366 e. The number of hydrogen-bond donors (Lipinski definition) is 1. The molecule has 1 fully saturated rings. The lowest BCUT2D eigenvalue weighted by molar-refractivity contribution is 0.609. The number of hydrogen-bond acceptors (Lipinski definition) is 6. The van der Waals surface area contributed by atoms with Gasteiger partial charge in [-0.05, 0) is 25.5 Å². The fourth-order valence-electron chi connectivity index (χ4n) is 2.83. The summed E-state index contributed by atoms with van der Waals surface area (Å²) < 4.78 is 0. The highest BCUT2D eigenvalue weighted by molar-refractivity contribution is 5.79. The molecule has 0 spiro atoms. The van der Waals surface area contributed by atoms with Crippen LogP contribution in [0.4, 0.5) is 11.8 Å². The SMILES string of the molecule is Cc1cc(-c2nnc(N)nc2-c2ccccc2)cc(N2CCC2)n1. The van der Waals surface area contributed by atoms with Gasteiger partial charge in [-0.2, -0.15) is 0 Å². The summed E-state index contributed by atoms with van der Waals surface area (Å²) in [5, 5.41) is 8.29. The molecule has 0 atom stereocenters. The van der Waals surface area contributed by atoms with Crippen molar-refractivity contribution in [2.75, 3.05) is 23.7 Å². The van der Waals surface area contributed by atoms with Crippen molar-refractivity contribution in [1.82, 2.24) is 20.2 Å². The summed E-state index contributed by atoms with van der Waals surface area (Å²) in [5.74, 6) is 1.15. The van der Waals surface area contributed by atoms with E-state index in [0.29, 0.717) is 0 Å². The van der Waals surface area contributed by atoms with E-state index >= 15 is 0 Å². The van der Waals surface area contributed by atoms with Crippen LogP contribution in [0.1, 0.15) is 12.1 Å². The van der Waals surface area contributed by atoms with Crippen LogP contribution in [0.15, 0.2) is 42.5 Å². The molecule has 0 bridgehead atoms. The Hall–Kier alpha value is -3.02. The van der Waals surface area contributed by atoms with E-state index in [1.165, 1.54) is 6.42 Å². The van der Waals surface area contributed by atoms with Crippen molar-refractivity contribution in [3.63, 3.8) is 0 Å². The van der Waals surface area contributed by atoms with Gasteiger partial charge in [0.2, 0.25) is 5.95 Å². The Balaban J connectivity index is 1.86. The van der Waals surface area contributed by atoms with E-state index < -0.39 is 0 Å². The van der Waals surface area contributed by atoms with Gasteiger partial charge in [-0.3, -0.25) is 0 Å². The third-order valence-corrected chi connectivity index (χ3v) is 4.14. The van der Waals surface area contributed by atoms with Gasteiger partial charge in [-0.15, -0.1) is 10.2 Å². The Kier molecular flexibility index (Phi) is 3.57. The van der Waals surface area contributed by atoms with E-state index in [1.54, 1.807) is 0 Å². The van der Waals surface area contributed by atoms with Crippen molar-refractivity contribution in [3.8, 4) is 22.5 Å². The van der Waals surface area contributed by atoms with Crippen LogP contribution in [-0.4, -0.2) is 33.3 Å². The number of aryl methyl sites for hydroxylation is 1. The topological polar surface area (TPSA) is 80.8 Å². The summed E-state index contributed by atoms with van der Waals surface area (Å²) in [5.41, 5.74) is 10.1. The van der Waals surface area contributed by atoms with Gasteiger partial charge < -0.3 is 10.6 Å². The molecule has 3 heterocycles. The maximum Gasteiger partial charge on any atom is 0.240 e. The Labute approximate surface area is 140 Å². The second kappa shape index (κ2) is 5.88. The van der Waals surface area contributed by atoms with Crippen molar-refractivity contribution in [3.05, 3.63) is 48.2 Å². The first kappa shape index (κ1) is 14.6. The molecule has 2 N–H and O–H groups in total. The summed E-state index contributed by atoms with van der Waals surface area (Å²) in [6, 6.07) is 14.0. The van der Waals surface area contributed by atoms with Crippen molar-refractivity contribution >= 4 is 11.8 Å². The molecule has 1 saturated heterocycles. The molecule has 120 valence electrons. The Morgan fingerprint density at radius 2 is 1.71 bits per heavy atom. The molecule has 0 saturated carbocycles. The molecule has 0 radical (unpaired) electrons. The molecule has 24 heavy (non-hydrogen) atoms. The van der Waals surface area contributed by atoms with E-state index in [-0.39, 0.29) is 5.95 Å². The van der Waals surface area contributed by atoms with Gasteiger partial charge in [0.25, 0.3) is 0 Å². The molecule has 4 rings (SSSR count). The van der Waals surface area contributed by atoms with Gasteiger partial charge in [0, 0.05) is 29.9 Å².